The van der Waals surface area contributed by atoms with E-state index in [0.717, 1.165) is 16.9 Å². The van der Waals surface area contributed by atoms with E-state index in [2.05, 4.69) is 0 Å². The molecule has 0 aliphatic rings. The first kappa shape index (κ1) is 17.6. The van der Waals surface area contributed by atoms with Crippen molar-refractivity contribution in [1.82, 2.24) is 10.0 Å². The summed E-state index contributed by atoms with van der Waals surface area (Å²) in [7, 11) is 0. The molecule has 134 valence electrons. The number of nitrogens with zero attached hydrogens (tertiary/aromatic N) is 1. The molecule has 0 spiro atoms. The molecule has 0 bridgehead atoms. The highest BCUT2D eigenvalue weighted by Crippen LogP contribution is 2.22. The predicted molar refractivity (Wildman–Crippen MR) is 96.0 cm³/mol. The quantitative estimate of drug-likeness (QED) is 0.451. The lowest BCUT2D eigenvalue weighted by atomic mass is 10.2. The van der Waals surface area contributed by atoms with Crippen LogP contribution in [0, 0.1) is 0 Å². The van der Waals surface area contributed by atoms with E-state index in [9.17, 15) is 9.90 Å². The zero-order chi connectivity index (χ0) is 18.4. The van der Waals surface area contributed by atoms with E-state index in [1.54, 1.807) is 22.3 Å². The fourth-order valence-corrected chi connectivity index (χ4v) is 2.62. The number of benzene rings is 2. The lowest BCUT2D eigenvalue weighted by Crippen LogP contribution is -2.20. The van der Waals surface area contributed by atoms with Crippen LogP contribution in [0.3, 0.4) is 0 Å². The molecule has 0 saturated heterocycles. The van der Waals surface area contributed by atoms with E-state index >= 15 is 0 Å². The molecular formula is C20H20N2O4. The standard InChI is InChI=1S/C20H20N2O4/c23-19(21-25)12-17-10-11-22(20(17)24)13-15-6-8-18(9-7-15)26-14-16-4-2-1-3-5-16/h1-11,24-25H,12-14H2,(H,21,23). The molecule has 3 aromatic rings. The summed E-state index contributed by atoms with van der Waals surface area (Å²) in [6.07, 6.45) is 1.62. The first-order valence-electron chi connectivity index (χ1n) is 8.21. The van der Waals surface area contributed by atoms with Crippen LogP contribution in [0.25, 0.3) is 0 Å². The van der Waals surface area contributed by atoms with Gasteiger partial charge in [-0.15, -0.1) is 0 Å². The molecule has 0 aliphatic heterocycles. The molecule has 1 aromatic heterocycles. The summed E-state index contributed by atoms with van der Waals surface area (Å²) in [4.78, 5) is 11.2. The molecule has 3 rings (SSSR count). The van der Waals surface area contributed by atoms with Crippen molar-refractivity contribution in [2.45, 2.75) is 19.6 Å². The van der Waals surface area contributed by atoms with Gasteiger partial charge >= 0.3 is 0 Å². The number of carbonyl (C=O) groups is 1. The van der Waals surface area contributed by atoms with Gasteiger partial charge in [-0.05, 0) is 29.3 Å². The molecule has 0 aliphatic carbocycles. The van der Waals surface area contributed by atoms with Crippen LogP contribution in [0.5, 0.6) is 11.6 Å². The Balaban J connectivity index is 1.60. The van der Waals surface area contributed by atoms with Gasteiger partial charge in [-0.25, -0.2) is 5.48 Å². The van der Waals surface area contributed by atoms with Gasteiger partial charge in [0.05, 0.1) is 13.0 Å². The van der Waals surface area contributed by atoms with Gasteiger partial charge in [0.25, 0.3) is 0 Å². The van der Waals surface area contributed by atoms with Crippen molar-refractivity contribution in [3.63, 3.8) is 0 Å². The largest absolute Gasteiger partial charge is 0.494 e. The van der Waals surface area contributed by atoms with Crippen LogP contribution in [-0.2, 0) is 24.4 Å². The van der Waals surface area contributed by atoms with Crippen molar-refractivity contribution in [2.24, 2.45) is 0 Å². The fraction of sp³-hybridized carbons (Fsp3) is 0.150. The molecule has 26 heavy (non-hydrogen) atoms. The topological polar surface area (TPSA) is 83.7 Å². The minimum absolute atomic E-state index is 0.0120. The Morgan fingerprint density at radius 3 is 2.42 bits per heavy atom. The molecule has 0 radical (unpaired) electrons. The Morgan fingerprint density at radius 2 is 1.73 bits per heavy atom. The molecule has 0 saturated carbocycles. The van der Waals surface area contributed by atoms with E-state index in [-0.39, 0.29) is 12.3 Å². The third-order valence-electron chi connectivity index (χ3n) is 4.02. The molecular weight excluding hydrogens is 332 g/mol. The van der Waals surface area contributed by atoms with E-state index in [0.29, 0.717) is 18.7 Å². The van der Waals surface area contributed by atoms with Gasteiger partial charge in [-0.1, -0.05) is 42.5 Å². The van der Waals surface area contributed by atoms with E-state index in [4.69, 9.17) is 9.94 Å². The number of nitrogens with one attached hydrogen (secondary N) is 1. The van der Waals surface area contributed by atoms with Crippen LogP contribution in [0.4, 0.5) is 0 Å². The summed E-state index contributed by atoms with van der Waals surface area (Å²) >= 11 is 0. The lowest BCUT2D eigenvalue weighted by Gasteiger charge is -2.09. The van der Waals surface area contributed by atoms with Gasteiger partial charge in [0.1, 0.15) is 12.4 Å². The SMILES string of the molecule is O=C(Cc1ccn(Cc2ccc(OCc3ccccc3)cc2)c1O)NO. The molecule has 1 heterocycles. The Hall–Kier alpha value is -3.25. The maximum Gasteiger partial charge on any atom is 0.247 e. The van der Waals surface area contributed by atoms with Gasteiger partial charge in [0.2, 0.25) is 5.91 Å². The minimum Gasteiger partial charge on any atom is -0.494 e. The molecule has 0 atom stereocenters. The summed E-state index contributed by atoms with van der Waals surface area (Å²) in [5, 5.41) is 18.7. The maximum atomic E-state index is 11.2. The third kappa shape index (κ3) is 4.43. The minimum atomic E-state index is -0.571. The zero-order valence-corrected chi connectivity index (χ0v) is 14.1. The van der Waals surface area contributed by atoms with E-state index < -0.39 is 5.91 Å². The highest BCUT2D eigenvalue weighted by atomic mass is 16.5. The smallest absolute Gasteiger partial charge is 0.247 e. The van der Waals surface area contributed by atoms with Crippen molar-refractivity contribution < 1.29 is 19.8 Å². The second-order valence-electron chi connectivity index (χ2n) is 5.92. The van der Waals surface area contributed by atoms with Gasteiger partial charge in [0, 0.05) is 11.8 Å². The summed E-state index contributed by atoms with van der Waals surface area (Å²) in [6, 6.07) is 19.2. The Bertz CT molecular complexity index is 857. The summed E-state index contributed by atoms with van der Waals surface area (Å²) in [6.45, 7) is 0.973. The normalized spacial score (nSPS) is 10.5. The number of aromatic hydroxyl groups is 1. The third-order valence-corrected chi connectivity index (χ3v) is 4.02. The number of ether oxygens (including phenoxy) is 1. The highest BCUT2D eigenvalue weighted by Gasteiger charge is 2.11. The number of aromatic nitrogens is 1. The molecule has 2 aromatic carbocycles. The summed E-state index contributed by atoms with van der Waals surface area (Å²) in [5.74, 6) is 0.214. The molecule has 0 fully saturated rings. The molecule has 6 heteroatoms. The average molecular weight is 352 g/mol. The summed E-state index contributed by atoms with van der Waals surface area (Å²) < 4.78 is 7.40. The van der Waals surface area contributed by atoms with Crippen molar-refractivity contribution >= 4 is 5.91 Å². The number of hydroxylamine groups is 1. The van der Waals surface area contributed by atoms with Crippen LogP contribution in [0.1, 0.15) is 16.7 Å². The number of rotatable bonds is 7. The van der Waals surface area contributed by atoms with Gasteiger partial charge in [-0.2, -0.15) is 0 Å². The van der Waals surface area contributed by atoms with Crippen LogP contribution in [0.15, 0.2) is 66.9 Å². The zero-order valence-electron chi connectivity index (χ0n) is 14.1. The Labute approximate surface area is 151 Å². The average Bonchev–Trinajstić information content (AvgIpc) is 3.01. The number of carbonyl (C=O) groups excluding carboxylic acids is 1. The number of amides is 1. The van der Waals surface area contributed by atoms with E-state index in [1.165, 1.54) is 0 Å². The van der Waals surface area contributed by atoms with Crippen LogP contribution in [0.2, 0.25) is 0 Å². The Morgan fingerprint density at radius 1 is 1.00 bits per heavy atom. The van der Waals surface area contributed by atoms with Crippen LogP contribution < -0.4 is 10.2 Å². The van der Waals surface area contributed by atoms with Crippen LogP contribution in [-0.4, -0.2) is 20.8 Å². The summed E-state index contributed by atoms with van der Waals surface area (Å²) in [5.41, 5.74) is 4.11. The second kappa shape index (κ2) is 8.22. The van der Waals surface area contributed by atoms with Gasteiger partial charge < -0.3 is 14.4 Å². The lowest BCUT2D eigenvalue weighted by molar-refractivity contribution is -0.128. The van der Waals surface area contributed by atoms with E-state index in [1.807, 2.05) is 54.6 Å². The molecule has 6 nitrogen and oxygen atoms in total. The first-order chi connectivity index (χ1) is 12.7. The Kier molecular flexibility index (Phi) is 5.56. The highest BCUT2D eigenvalue weighted by molar-refractivity contribution is 5.77. The first-order valence-corrected chi connectivity index (χ1v) is 8.21. The number of hydrogen-bond donors (Lipinski definition) is 3. The second-order valence-corrected chi connectivity index (χ2v) is 5.92. The van der Waals surface area contributed by atoms with Gasteiger partial charge in [-0.3, -0.25) is 10.0 Å². The van der Waals surface area contributed by atoms with Gasteiger partial charge in [0.15, 0.2) is 5.88 Å². The molecule has 1 amide bonds. The van der Waals surface area contributed by atoms with Crippen molar-refractivity contribution in [2.75, 3.05) is 0 Å². The molecule has 3 N–H and O–H groups in total. The van der Waals surface area contributed by atoms with Crippen molar-refractivity contribution in [3.8, 4) is 11.6 Å². The van der Waals surface area contributed by atoms with Crippen molar-refractivity contribution in [3.05, 3.63) is 83.6 Å². The molecule has 0 unspecified atom stereocenters. The number of hydrogen-bond acceptors (Lipinski definition) is 4. The fourth-order valence-electron chi connectivity index (χ4n) is 2.62. The van der Waals surface area contributed by atoms with Crippen LogP contribution >= 0.6 is 0 Å². The predicted octanol–water partition coefficient (Wildman–Crippen LogP) is 2.87. The van der Waals surface area contributed by atoms with Crippen molar-refractivity contribution in [1.29, 1.82) is 0 Å². The maximum absolute atomic E-state index is 11.2. The monoisotopic (exact) mass is 352 g/mol.